The van der Waals surface area contributed by atoms with Crippen LogP contribution in [0.25, 0.3) is 0 Å². The first kappa shape index (κ1) is 15.4. The Hall–Kier alpha value is -0.980. The van der Waals surface area contributed by atoms with Crippen LogP contribution in [0.5, 0.6) is 0 Å². The maximum atomic E-state index is 13.6. The Kier molecular flexibility index (Phi) is 5.12. The summed E-state index contributed by atoms with van der Waals surface area (Å²) in [5.74, 6) is 0.0383. The molecule has 0 aliphatic carbocycles. The second-order valence-corrected chi connectivity index (χ2v) is 7.32. The highest BCUT2D eigenvalue weighted by atomic mass is 32.2. The van der Waals surface area contributed by atoms with E-state index in [1.54, 1.807) is 16.4 Å². The van der Waals surface area contributed by atoms with Crippen LogP contribution in [-0.4, -0.2) is 44.7 Å². The van der Waals surface area contributed by atoms with Crippen molar-refractivity contribution >= 4 is 10.0 Å². The number of benzene rings is 1. The first-order valence-corrected chi connectivity index (χ1v) is 8.68. The van der Waals surface area contributed by atoms with Gasteiger partial charge >= 0.3 is 0 Å². The van der Waals surface area contributed by atoms with E-state index in [1.807, 2.05) is 13.0 Å². The minimum absolute atomic E-state index is 0.180. The van der Waals surface area contributed by atoms with Gasteiger partial charge in [0.15, 0.2) is 0 Å². The summed E-state index contributed by atoms with van der Waals surface area (Å²) in [5, 5.41) is 0. The van der Waals surface area contributed by atoms with Gasteiger partial charge in [0, 0.05) is 5.56 Å². The third kappa shape index (κ3) is 3.77. The number of piperazine rings is 1. The van der Waals surface area contributed by atoms with Gasteiger partial charge in [-0.25, -0.2) is 12.8 Å². The molecule has 20 heavy (non-hydrogen) atoms. The average molecular weight is 301 g/mol. The molecule has 1 saturated heterocycles. The molecule has 0 aromatic heterocycles. The third-order valence-electron chi connectivity index (χ3n) is 3.68. The molecule has 0 radical (unpaired) electrons. The van der Waals surface area contributed by atoms with Gasteiger partial charge in [-0.3, -0.25) is 0 Å². The van der Waals surface area contributed by atoms with E-state index < -0.39 is 10.0 Å². The fourth-order valence-corrected chi connectivity index (χ4v) is 4.07. The van der Waals surface area contributed by atoms with Gasteiger partial charge in [-0.15, -0.1) is 0 Å². The van der Waals surface area contributed by atoms with Crippen LogP contribution in [0.3, 0.4) is 0 Å². The lowest BCUT2D eigenvalue weighted by molar-refractivity contribution is -0.917. The molecule has 1 aromatic carbocycles. The molecule has 1 aromatic rings. The Morgan fingerprint density at radius 3 is 2.50 bits per heavy atom. The van der Waals surface area contributed by atoms with Crippen molar-refractivity contribution in [2.24, 2.45) is 0 Å². The van der Waals surface area contributed by atoms with Gasteiger partial charge in [-0.05, 0) is 12.5 Å². The summed E-state index contributed by atoms with van der Waals surface area (Å²) < 4.78 is 39.1. The summed E-state index contributed by atoms with van der Waals surface area (Å²) in [6, 6.07) is 6.78. The minimum Gasteiger partial charge on any atom is -0.329 e. The second-order valence-electron chi connectivity index (χ2n) is 5.23. The van der Waals surface area contributed by atoms with Crippen LogP contribution in [0.15, 0.2) is 24.3 Å². The normalized spacial score (nSPS) is 18.3. The predicted octanol–water partition coefficient (Wildman–Crippen LogP) is 0.266. The van der Waals surface area contributed by atoms with Crippen molar-refractivity contribution in [1.29, 1.82) is 0 Å². The predicted molar refractivity (Wildman–Crippen MR) is 76.5 cm³/mol. The summed E-state index contributed by atoms with van der Waals surface area (Å²) in [6.45, 7) is 5.03. The number of hydrogen-bond donors (Lipinski definition) is 1. The van der Waals surface area contributed by atoms with Gasteiger partial charge in [0.2, 0.25) is 10.0 Å². The minimum atomic E-state index is -3.09. The monoisotopic (exact) mass is 301 g/mol. The third-order valence-corrected chi connectivity index (χ3v) is 5.76. The van der Waals surface area contributed by atoms with Crippen molar-refractivity contribution in [1.82, 2.24) is 4.31 Å². The van der Waals surface area contributed by atoms with E-state index in [4.69, 9.17) is 0 Å². The maximum Gasteiger partial charge on any atom is 0.214 e. The van der Waals surface area contributed by atoms with E-state index in [0.29, 0.717) is 31.6 Å². The van der Waals surface area contributed by atoms with Crippen LogP contribution in [0.4, 0.5) is 4.39 Å². The van der Waals surface area contributed by atoms with Crippen molar-refractivity contribution in [2.45, 2.75) is 19.9 Å². The van der Waals surface area contributed by atoms with E-state index in [2.05, 4.69) is 0 Å². The van der Waals surface area contributed by atoms with Crippen LogP contribution in [0.1, 0.15) is 18.9 Å². The summed E-state index contributed by atoms with van der Waals surface area (Å²) in [5.41, 5.74) is 0.701. The standard InChI is InChI=1S/C14H21FN2O2S/c1-2-11-20(18,19)17-9-7-16(8-10-17)12-13-5-3-4-6-14(13)15/h3-6H,2,7-12H2,1H3/p+1. The van der Waals surface area contributed by atoms with Gasteiger partial charge in [0.25, 0.3) is 0 Å². The molecular formula is C14H22FN2O2S+. The van der Waals surface area contributed by atoms with Crippen LogP contribution in [0.2, 0.25) is 0 Å². The number of nitrogens with zero attached hydrogens (tertiary/aromatic N) is 1. The Morgan fingerprint density at radius 1 is 1.25 bits per heavy atom. The number of halogens is 1. The Bertz CT molecular complexity index is 540. The number of rotatable bonds is 5. The summed E-state index contributed by atoms with van der Waals surface area (Å²) >= 11 is 0. The fourth-order valence-electron chi connectivity index (χ4n) is 2.56. The van der Waals surface area contributed by atoms with Gasteiger partial charge < -0.3 is 4.90 Å². The van der Waals surface area contributed by atoms with Crippen molar-refractivity contribution in [3.8, 4) is 0 Å². The van der Waals surface area contributed by atoms with Crippen molar-refractivity contribution in [2.75, 3.05) is 31.9 Å². The van der Waals surface area contributed by atoms with Gasteiger partial charge in [-0.1, -0.05) is 25.1 Å². The van der Waals surface area contributed by atoms with Gasteiger partial charge in [-0.2, -0.15) is 4.31 Å². The average Bonchev–Trinajstić information content (AvgIpc) is 2.42. The molecule has 1 fully saturated rings. The maximum absolute atomic E-state index is 13.6. The van der Waals surface area contributed by atoms with Crippen molar-refractivity contribution in [3.05, 3.63) is 35.6 Å². The topological polar surface area (TPSA) is 41.8 Å². The zero-order valence-electron chi connectivity index (χ0n) is 11.8. The van der Waals surface area contributed by atoms with Gasteiger partial charge in [0.1, 0.15) is 12.4 Å². The molecule has 112 valence electrons. The first-order chi connectivity index (χ1) is 9.53. The zero-order chi connectivity index (χ0) is 14.6. The van der Waals surface area contributed by atoms with Crippen LogP contribution < -0.4 is 4.90 Å². The summed E-state index contributed by atoms with van der Waals surface area (Å²) in [6.07, 6.45) is 0.643. The van der Waals surface area contributed by atoms with Crippen LogP contribution >= 0.6 is 0 Å². The van der Waals surface area contributed by atoms with E-state index in [0.717, 1.165) is 13.1 Å². The first-order valence-electron chi connectivity index (χ1n) is 7.07. The zero-order valence-corrected chi connectivity index (χ0v) is 12.6. The molecule has 6 heteroatoms. The second kappa shape index (κ2) is 6.65. The Balaban J connectivity index is 1.91. The summed E-state index contributed by atoms with van der Waals surface area (Å²) in [4.78, 5) is 1.23. The Morgan fingerprint density at radius 2 is 1.90 bits per heavy atom. The molecule has 0 saturated carbocycles. The number of nitrogens with one attached hydrogen (secondary N) is 1. The van der Waals surface area contributed by atoms with Crippen molar-refractivity contribution in [3.63, 3.8) is 0 Å². The lowest BCUT2D eigenvalue weighted by atomic mass is 10.2. The molecule has 1 heterocycles. The smallest absolute Gasteiger partial charge is 0.214 e. The highest BCUT2D eigenvalue weighted by Crippen LogP contribution is 2.06. The van der Waals surface area contributed by atoms with Crippen LogP contribution in [-0.2, 0) is 16.6 Å². The molecule has 2 rings (SSSR count). The van der Waals surface area contributed by atoms with E-state index in [-0.39, 0.29) is 11.6 Å². The number of sulfonamides is 1. The summed E-state index contributed by atoms with van der Waals surface area (Å²) in [7, 11) is -3.09. The molecule has 1 aliphatic rings. The molecule has 1 aliphatic heterocycles. The molecule has 0 atom stereocenters. The number of hydrogen-bond acceptors (Lipinski definition) is 2. The largest absolute Gasteiger partial charge is 0.329 e. The molecule has 0 amide bonds. The lowest BCUT2D eigenvalue weighted by Crippen LogP contribution is -3.13. The molecule has 0 bridgehead atoms. The van der Waals surface area contributed by atoms with Crippen molar-refractivity contribution < 1.29 is 17.7 Å². The SMILES string of the molecule is CCCS(=O)(=O)N1CC[NH+](Cc2ccccc2F)CC1. The molecule has 0 unspecified atom stereocenters. The molecular weight excluding hydrogens is 279 g/mol. The van der Waals surface area contributed by atoms with E-state index >= 15 is 0 Å². The van der Waals surface area contributed by atoms with Crippen LogP contribution in [0, 0.1) is 5.82 Å². The quantitative estimate of drug-likeness (QED) is 0.848. The highest BCUT2D eigenvalue weighted by Gasteiger charge is 2.28. The molecule has 1 N–H and O–H groups in total. The highest BCUT2D eigenvalue weighted by molar-refractivity contribution is 7.89. The van der Waals surface area contributed by atoms with E-state index in [1.165, 1.54) is 11.0 Å². The number of quaternary nitrogens is 1. The molecule has 0 spiro atoms. The van der Waals surface area contributed by atoms with Gasteiger partial charge in [0.05, 0.1) is 31.9 Å². The van der Waals surface area contributed by atoms with E-state index in [9.17, 15) is 12.8 Å². The Labute approximate surface area is 120 Å². The fraction of sp³-hybridized carbons (Fsp3) is 0.571. The lowest BCUT2D eigenvalue weighted by Gasteiger charge is -2.31. The molecule has 4 nitrogen and oxygen atoms in total.